The normalized spacial score (nSPS) is 24.9. The quantitative estimate of drug-likeness (QED) is 0.570. The van der Waals surface area contributed by atoms with Crippen molar-refractivity contribution in [3.05, 3.63) is 40.8 Å². The molecule has 3 unspecified atom stereocenters. The van der Waals surface area contributed by atoms with Crippen molar-refractivity contribution in [2.45, 2.75) is 70.0 Å². The van der Waals surface area contributed by atoms with Crippen LogP contribution in [-0.4, -0.2) is 35.5 Å². The van der Waals surface area contributed by atoms with Crippen molar-refractivity contribution in [3.63, 3.8) is 0 Å². The van der Waals surface area contributed by atoms with Gasteiger partial charge in [-0.25, -0.2) is 4.39 Å². The third kappa shape index (κ3) is 6.00. The number of aromatic amines is 1. The number of esters is 1. The predicted octanol–water partition coefficient (Wildman–Crippen LogP) is 5.02. The Morgan fingerprint density at radius 2 is 2.12 bits per heavy atom. The number of carbonyl (C=O) groups excluding carboxylic acids is 1. The van der Waals surface area contributed by atoms with E-state index in [9.17, 15) is 9.18 Å². The van der Waals surface area contributed by atoms with Gasteiger partial charge < -0.3 is 14.8 Å². The van der Waals surface area contributed by atoms with Crippen LogP contribution in [0.25, 0.3) is 0 Å². The summed E-state index contributed by atoms with van der Waals surface area (Å²) in [6.45, 7) is 8.11. The Morgan fingerprint density at radius 1 is 1.36 bits per heavy atom. The summed E-state index contributed by atoms with van der Waals surface area (Å²) in [6, 6.07) is 5.63. The zero-order chi connectivity index (χ0) is 23.6. The van der Waals surface area contributed by atoms with Gasteiger partial charge in [-0.2, -0.15) is 5.10 Å². The maximum atomic E-state index is 14.8. The second kappa shape index (κ2) is 10.2. The van der Waals surface area contributed by atoms with E-state index in [1.165, 1.54) is 0 Å². The zero-order valence-electron chi connectivity index (χ0n) is 19.4. The summed E-state index contributed by atoms with van der Waals surface area (Å²) in [6.07, 6.45) is 2.97. The molecule has 2 fully saturated rings. The molecule has 1 aromatic heterocycles. The summed E-state index contributed by atoms with van der Waals surface area (Å²) >= 11 is 5.34. The molecule has 3 aliphatic rings. The molecule has 2 aliphatic heterocycles. The average Bonchev–Trinajstić information content (AvgIpc) is 3.49. The van der Waals surface area contributed by atoms with Gasteiger partial charge in [0.05, 0.1) is 18.9 Å². The van der Waals surface area contributed by atoms with Gasteiger partial charge in [-0.15, -0.1) is 9.45 Å². The molecule has 180 valence electrons. The standard InChI is InChI=1S/C19H22FN3O2S2.C5H10O/c1-2-18(24)25-13-5-3-11(7-13)16-8-17(23-22-16)21-15-6-4-12-9-27(26)10-14(12)19(15)20;1-5(2)3-6-4-5/h4,6,8,11,13H,2-3,5,7,9-10H2,1H3,(H2,21,22,23);3-4H2,1-2H3. The molecule has 0 bridgehead atoms. The molecule has 2 aromatic rings. The van der Waals surface area contributed by atoms with Crippen LogP contribution in [0, 0.1) is 11.2 Å². The van der Waals surface area contributed by atoms with E-state index in [0.29, 0.717) is 29.1 Å². The minimum atomic E-state index is -0.218. The first-order valence-electron chi connectivity index (χ1n) is 11.5. The number of anilines is 2. The van der Waals surface area contributed by atoms with Gasteiger partial charge in [-0.1, -0.05) is 38.0 Å². The molecule has 1 aromatic carbocycles. The minimum Gasteiger partial charge on any atom is -0.462 e. The molecule has 1 aliphatic carbocycles. The summed E-state index contributed by atoms with van der Waals surface area (Å²) in [4.78, 5) is 11.5. The molecule has 3 heterocycles. The van der Waals surface area contributed by atoms with Crippen LogP contribution < -0.4 is 5.32 Å². The second-order valence-electron chi connectivity index (χ2n) is 9.76. The number of aromatic nitrogens is 2. The first-order valence-corrected chi connectivity index (χ1v) is 14.0. The molecule has 0 amide bonds. The topological polar surface area (TPSA) is 76.2 Å². The van der Waals surface area contributed by atoms with E-state index in [2.05, 4.69) is 29.4 Å². The molecule has 6 nitrogen and oxygen atoms in total. The summed E-state index contributed by atoms with van der Waals surface area (Å²) in [5.74, 6) is 1.92. The summed E-state index contributed by atoms with van der Waals surface area (Å²) in [5.41, 5.74) is 3.69. The van der Waals surface area contributed by atoms with Crippen molar-refractivity contribution in [3.8, 4) is 0 Å². The third-order valence-electron chi connectivity index (χ3n) is 6.22. The SMILES string of the molecule is CC1(C)COC1.CCC(=O)OC1CCC(c2cc(Nc3ccc4c(c3F)CS(=S)C4)n[nH]2)C1. The first-order chi connectivity index (χ1) is 15.7. The van der Waals surface area contributed by atoms with E-state index in [1.807, 2.05) is 12.1 Å². The van der Waals surface area contributed by atoms with E-state index in [-0.39, 0.29) is 33.3 Å². The maximum Gasteiger partial charge on any atom is 0.305 e. The van der Waals surface area contributed by atoms with Gasteiger partial charge in [0.15, 0.2) is 11.6 Å². The van der Waals surface area contributed by atoms with Crippen molar-refractivity contribution >= 4 is 38.1 Å². The lowest BCUT2D eigenvalue weighted by atomic mass is 9.92. The van der Waals surface area contributed by atoms with Crippen LogP contribution in [0.4, 0.5) is 15.9 Å². The first kappa shape index (κ1) is 24.3. The molecule has 1 saturated heterocycles. The van der Waals surface area contributed by atoms with Crippen molar-refractivity contribution in [2.75, 3.05) is 18.5 Å². The number of carbonyl (C=O) groups is 1. The molecule has 1 saturated carbocycles. The fraction of sp³-hybridized carbons (Fsp3) is 0.583. The van der Waals surface area contributed by atoms with Gasteiger partial charge in [0, 0.05) is 46.6 Å². The number of nitrogens with zero attached hydrogens (tertiary/aromatic N) is 1. The van der Waals surface area contributed by atoms with Gasteiger partial charge in [0.1, 0.15) is 6.10 Å². The number of ether oxygens (including phenoxy) is 2. The molecule has 33 heavy (non-hydrogen) atoms. The van der Waals surface area contributed by atoms with Gasteiger partial charge in [-0.3, -0.25) is 9.89 Å². The number of nitrogens with one attached hydrogen (secondary N) is 2. The van der Waals surface area contributed by atoms with Crippen LogP contribution in [0.15, 0.2) is 18.2 Å². The molecular formula is C24H32FN3O3S2. The third-order valence-corrected chi connectivity index (χ3v) is 8.17. The van der Waals surface area contributed by atoms with E-state index in [1.54, 1.807) is 13.0 Å². The monoisotopic (exact) mass is 493 g/mol. The Morgan fingerprint density at radius 3 is 2.79 bits per heavy atom. The molecule has 0 spiro atoms. The number of hydrogen-bond donors (Lipinski definition) is 2. The average molecular weight is 494 g/mol. The number of H-pyrrole nitrogens is 1. The highest BCUT2D eigenvalue weighted by Gasteiger charge is 2.30. The Bertz CT molecular complexity index is 1030. The maximum absolute atomic E-state index is 14.8. The predicted molar refractivity (Wildman–Crippen MR) is 132 cm³/mol. The van der Waals surface area contributed by atoms with Gasteiger partial charge in [0.2, 0.25) is 0 Å². The lowest BCUT2D eigenvalue weighted by molar-refractivity contribution is -0.148. The lowest BCUT2D eigenvalue weighted by Crippen LogP contribution is -2.36. The Hall–Kier alpha value is -1.84. The van der Waals surface area contributed by atoms with Gasteiger partial charge in [-0.05, 0) is 30.9 Å². The molecule has 9 heteroatoms. The number of fused-ring (bicyclic) bond motifs is 1. The Balaban J connectivity index is 0.000000376. The van der Waals surface area contributed by atoms with Gasteiger partial charge in [0.25, 0.3) is 0 Å². The molecule has 3 atom stereocenters. The number of halogens is 1. The van der Waals surface area contributed by atoms with Crippen LogP contribution >= 0.6 is 0 Å². The molecule has 5 rings (SSSR count). The Labute approximate surface area is 201 Å². The lowest BCUT2D eigenvalue weighted by Gasteiger charge is -2.33. The largest absolute Gasteiger partial charge is 0.462 e. The van der Waals surface area contributed by atoms with Crippen molar-refractivity contribution in [1.29, 1.82) is 0 Å². The number of hydrogen-bond acceptors (Lipinski definition) is 6. The van der Waals surface area contributed by atoms with Crippen LogP contribution in [0.2, 0.25) is 0 Å². The highest BCUT2D eigenvalue weighted by molar-refractivity contribution is 8.28. The zero-order valence-corrected chi connectivity index (χ0v) is 21.0. The van der Waals surface area contributed by atoms with Crippen molar-refractivity contribution in [1.82, 2.24) is 10.2 Å². The van der Waals surface area contributed by atoms with E-state index >= 15 is 0 Å². The molecule has 2 N–H and O–H groups in total. The van der Waals surface area contributed by atoms with Crippen LogP contribution in [-0.2, 0) is 46.4 Å². The second-order valence-corrected chi connectivity index (χ2v) is 12.6. The minimum absolute atomic E-state index is 0.0245. The molecule has 0 radical (unpaired) electrons. The smallest absolute Gasteiger partial charge is 0.305 e. The number of benzene rings is 1. The van der Waals surface area contributed by atoms with E-state index < -0.39 is 0 Å². The summed E-state index contributed by atoms with van der Waals surface area (Å²) < 4.78 is 25.1. The highest BCUT2D eigenvalue weighted by atomic mass is 32.8. The van der Waals surface area contributed by atoms with Gasteiger partial charge >= 0.3 is 5.97 Å². The van der Waals surface area contributed by atoms with Crippen LogP contribution in [0.1, 0.15) is 69.2 Å². The van der Waals surface area contributed by atoms with E-state index in [4.69, 9.17) is 20.7 Å². The van der Waals surface area contributed by atoms with Crippen molar-refractivity contribution in [2.24, 2.45) is 5.41 Å². The van der Waals surface area contributed by atoms with Crippen molar-refractivity contribution < 1.29 is 18.7 Å². The summed E-state index contributed by atoms with van der Waals surface area (Å²) in [5, 5.41) is 10.4. The fourth-order valence-electron chi connectivity index (χ4n) is 4.29. The highest BCUT2D eigenvalue weighted by Crippen LogP contribution is 2.37. The number of rotatable bonds is 5. The van der Waals surface area contributed by atoms with Crippen LogP contribution in [0.3, 0.4) is 0 Å². The molecular weight excluding hydrogens is 461 g/mol. The summed E-state index contributed by atoms with van der Waals surface area (Å²) in [7, 11) is -0.183. The Kier molecular flexibility index (Phi) is 7.50. The van der Waals surface area contributed by atoms with E-state index in [0.717, 1.165) is 55.0 Å². The van der Waals surface area contributed by atoms with Crippen LogP contribution in [0.5, 0.6) is 0 Å². The fourth-order valence-corrected chi connectivity index (χ4v) is 6.38.